The lowest BCUT2D eigenvalue weighted by atomic mass is 9.99. The van der Waals surface area contributed by atoms with E-state index in [9.17, 15) is 14.4 Å². The third kappa shape index (κ3) is 3.15. The van der Waals surface area contributed by atoms with Gasteiger partial charge in [-0.2, -0.15) is 0 Å². The summed E-state index contributed by atoms with van der Waals surface area (Å²) in [7, 11) is 1.32. The van der Waals surface area contributed by atoms with Crippen LogP contribution < -0.4 is 5.32 Å². The van der Waals surface area contributed by atoms with Crippen molar-refractivity contribution in [1.29, 1.82) is 0 Å². The first kappa shape index (κ1) is 15.3. The van der Waals surface area contributed by atoms with Crippen LogP contribution in [0.1, 0.15) is 17.3 Å². The zero-order chi connectivity index (χ0) is 15.6. The monoisotopic (exact) mass is 312 g/mol. The second-order valence-electron chi connectivity index (χ2n) is 4.91. The summed E-state index contributed by atoms with van der Waals surface area (Å²) in [4.78, 5) is 36.3. The van der Waals surface area contributed by atoms with Gasteiger partial charge in [0.15, 0.2) is 0 Å². The molecule has 1 saturated heterocycles. The number of nitrogens with one attached hydrogen (secondary N) is 1. The van der Waals surface area contributed by atoms with Crippen molar-refractivity contribution in [2.75, 3.05) is 25.5 Å². The smallest absolute Gasteiger partial charge is 0.338 e. The average Bonchev–Trinajstić information content (AvgIpc) is 3.04. The number of anilines is 1. The van der Waals surface area contributed by atoms with Crippen molar-refractivity contribution in [3.63, 3.8) is 0 Å². The SMILES string of the molecule is COC(=O)C1CN(C(=O)Nc2sccc2C(=O)O)CC1C. The van der Waals surface area contributed by atoms with E-state index in [2.05, 4.69) is 5.32 Å². The number of hydrogen-bond donors (Lipinski definition) is 2. The standard InChI is InChI=1S/C13H16N2O5S/c1-7-5-15(6-9(7)12(18)20-2)13(19)14-10-8(11(16)17)3-4-21-10/h3-4,7,9H,5-6H2,1-2H3,(H,14,19)(H,16,17). The van der Waals surface area contributed by atoms with Crippen molar-refractivity contribution >= 4 is 34.3 Å². The van der Waals surface area contributed by atoms with E-state index < -0.39 is 12.0 Å². The number of aromatic carboxylic acids is 1. The lowest BCUT2D eigenvalue weighted by Crippen LogP contribution is -2.34. The number of esters is 1. The summed E-state index contributed by atoms with van der Waals surface area (Å²) in [5.74, 6) is -1.76. The molecule has 0 radical (unpaired) electrons. The van der Waals surface area contributed by atoms with Crippen molar-refractivity contribution in [1.82, 2.24) is 4.90 Å². The Hall–Kier alpha value is -2.09. The third-order valence-corrected chi connectivity index (χ3v) is 4.35. The van der Waals surface area contributed by atoms with Gasteiger partial charge in [-0.15, -0.1) is 11.3 Å². The Bertz CT molecular complexity index is 571. The third-order valence-electron chi connectivity index (χ3n) is 3.52. The van der Waals surface area contributed by atoms with Gasteiger partial charge in [-0.1, -0.05) is 6.92 Å². The van der Waals surface area contributed by atoms with Crippen LogP contribution in [-0.4, -0.2) is 48.2 Å². The molecule has 1 aliphatic rings. The molecule has 0 aromatic carbocycles. The van der Waals surface area contributed by atoms with Gasteiger partial charge < -0.3 is 14.7 Å². The van der Waals surface area contributed by atoms with Gasteiger partial charge in [0.2, 0.25) is 0 Å². The zero-order valence-corrected chi connectivity index (χ0v) is 12.5. The highest BCUT2D eigenvalue weighted by atomic mass is 32.1. The number of rotatable bonds is 3. The largest absolute Gasteiger partial charge is 0.478 e. The molecule has 0 saturated carbocycles. The molecule has 1 aromatic heterocycles. The lowest BCUT2D eigenvalue weighted by Gasteiger charge is -2.16. The van der Waals surface area contributed by atoms with Crippen LogP contribution in [-0.2, 0) is 9.53 Å². The molecule has 7 nitrogen and oxygen atoms in total. The topological polar surface area (TPSA) is 95.9 Å². The van der Waals surface area contributed by atoms with Crippen LogP contribution in [0.15, 0.2) is 11.4 Å². The number of hydrogen-bond acceptors (Lipinski definition) is 5. The Kier molecular flexibility index (Phi) is 4.46. The van der Waals surface area contributed by atoms with Gasteiger partial charge in [-0.25, -0.2) is 9.59 Å². The number of carboxylic acid groups (broad SMARTS) is 1. The molecular formula is C13H16N2O5S. The number of amides is 2. The molecule has 2 amide bonds. The molecule has 2 N–H and O–H groups in total. The maximum Gasteiger partial charge on any atom is 0.338 e. The fourth-order valence-corrected chi connectivity index (χ4v) is 3.11. The molecule has 0 spiro atoms. The van der Waals surface area contributed by atoms with E-state index >= 15 is 0 Å². The van der Waals surface area contributed by atoms with Crippen LogP contribution in [0.3, 0.4) is 0 Å². The molecule has 2 rings (SSSR count). The maximum atomic E-state index is 12.2. The minimum absolute atomic E-state index is 0.00507. The molecule has 0 bridgehead atoms. The van der Waals surface area contributed by atoms with Gasteiger partial charge >= 0.3 is 18.0 Å². The van der Waals surface area contributed by atoms with Gasteiger partial charge in [0.05, 0.1) is 18.6 Å². The van der Waals surface area contributed by atoms with E-state index in [0.29, 0.717) is 11.5 Å². The van der Waals surface area contributed by atoms with E-state index in [0.717, 1.165) is 11.3 Å². The Morgan fingerprint density at radius 1 is 1.43 bits per heavy atom. The first-order chi connectivity index (χ1) is 9.93. The fourth-order valence-electron chi connectivity index (χ4n) is 2.34. The van der Waals surface area contributed by atoms with Gasteiger partial charge in [0, 0.05) is 13.1 Å². The fraction of sp³-hybridized carbons (Fsp3) is 0.462. The number of nitrogens with zero attached hydrogens (tertiary/aromatic N) is 1. The molecule has 1 aromatic rings. The first-order valence-electron chi connectivity index (χ1n) is 6.38. The quantitative estimate of drug-likeness (QED) is 0.828. The second-order valence-corrected chi connectivity index (χ2v) is 5.83. The van der Waals surface area contributed by atoms with E-state index in [1.54, 1.807) is 5.38 Å². The second kappa shape index (κ2) is 6.13. The highest BCUT2D eigenvalue weighted by Gasteiger charge is 2.37. The van der Waals surface area contributed by atoms with Crippen LogP contribution in [0.2, 0.25) is 0 Å². The van der Waals surface area contributed by atoms with Crippen LogP contribution in [0.25, 0.3) is 0 Å². The minimum Gasteiger partial charge on any atom is -0.478 e. The Balaban J connectivity index is 2.03. The summed E-state index contributed by atoms with van der Waals surface area (Å²) in [6.45, 7) is 2.58. The molecule has 1 fully saturated rings. The summed E-state index contributed by atoms with van der Waals surface area (Å²) in [6, 6.07) is 1.03. The lowest BCUT2D eigenvalue weighted by molar-refractivity contribution is -0.145. The summed E-state index contributed by atoms with van der Waals surface area (Å²) < 4.78 is 4.72. The van der Waals surface area contributed by atoms with Gasteiger partial charge in [0.1, 0.15) is 5.00 Å². The molecule has 1 aliphatic heterocycles. The predicted molar refractivity (Wildman–Crippen MR) is 76.5 cm³/mol. The molecule has 2 unspecified atom stereocenters. The van der Waals surface area contributed by atoms with E-state index in [-0.39, 0.29) is 29.9 Å². The van der Waals surface area contributed by atoms with E-state index in [1.807, 2.05) is 6.92 Å². The average molecular weight is 312 g/mol. The molecule has 2 atom stereocenters. The summed E-state index contributed by atoms with van der Waals surface area (Å²) in [5.41, 5.74) is 0.0603. The van der Waals surface area contributed by atoms with Gasteiger partial charge in [-0.05, 0) is 17.4 Å². The van der Waals surface area contributed by atoms with E-state index in [1.165, 1.54) is 18.1 Å². The number of thiophene rings is 1. The maximum absolute atomic E-state index is 12.2. The van der Waals surface area contributed by atoms with Crippen LogP contribution in [0.4, 0.5) is 9.80 Å². The number of carbonyl (C=O) groups excluding carboxylic acids is 2. The van der Waals surface area contributed by atoms with Gasteiger partial charge in [-0.3, -0.25) is 10.1 Å². The minimum atomic E-state index is -1.09. The summed E-state index contributed by atoms with van der Waals surface area (Å²) in [6.07, 6.45) is 0. The van der Waals surface area contributed by atoms with Crippen molar-refractivity contribution in [3.8, 4) is 0 Å². The molecular weight excluding hydrogens is 296 g/mol. The van der Waals surface area contributed by atoms with Crippen LogP contribution in [0, 0.1) is 11.8 Å². The van der Waals surface area contributed by atoms with Crippen LogP contribution in [0.5, 0.6) is 0 Å². The summed E-state index contributed by atoms with van der Waals surface area (Å²) in [5, 5.41) is 13.5. The van der Waals surface area contributed by atoms with Crippen LogP contribution >= 0.6 is 11.3 Å². The molecule has 114 valence electrons. The highest BCUT2D eigenvalue weighted by molar-refractivity contribution is 7.14. The molecule has 8 heteroatoms. The number of ether oxygens (including phenoxy) is 1. The Morgan fingerprint density at radius 3 is 2.76 bits per heavy atom. The number of carboxylic acids is 1. The molecule has 0 aliphatic carbocycles. The normalized spacial score (nSPS) is 21.1. The van der Waals surface area contributed by atoms with E-state index in [4.69, 9.17) is 9.84 Å². The number of carbonyl (C=O) groups is 3. The first-order valence-corrected chi connectivity index (χ1v) is 7.26. The Labute approximate surface area is 125 Å². The zero-order valence-electron chi connectivity index (χ0n) is 11.7. The van der Waals surface area contributed by atoms with Crippen molar-refractivity contribution in [2.45, 2.75) is 6.92 Å². The number of urea groups is 1. The van der Waals surface area contributed by atoms with Crippen molar-refractivity contribution < 1.29 is 24.2 Å². The molecule has 21 heavy (non-hydrogen) atoms. The predicted octanol–water partition coefficient (Wildman–Crippen LogP) is 1.72. The number of methoxy groups -OCH3 is 1. The summed E-state index contributed by atoms with van der Waals surface area (Å²) >= 11 is 1.15. The van der Waals surface area contributed by atoms with Crippen molar-refractivity contribution in [3.05, 3.63) is 17.0 Å². The highest BCUT2D eigenvalue weighted by Crippen LogP contribution is 2.27. The number of likely N-dealkylation sites (tertiary alicyclic amines) is 1. The molecule has 2 heterocycles. The Morgan fingerprint density at radius 2 is 2.14 bits per heavy atom. The van der Waals surface area contributed by atoms with Crippen molar-refractivity contribution in [2.24, 2.45) is 11.8 Å². The van der Waals surface area contributed by atoms with Gasteiger partial charge in [0.25, 0.3) is 0 Å².